The third-order valence-electron chi connectivity index (χ3n) is 9.76. The summed E-state index contributed by atoms with van der Waals surface area (Å²) in [6.07, 6.45) is 9.71. The van der Waals surface area contributed by atoms with E-state index in [1.165, 1.54) is 77.2 Å². The van der Waals surface area contributed by atoms with Gasteiger partial charge < -0.3 is 0 Å². The van der Waals surface area contributed by atoms with Gasteiger partial charge >= 0.3 is 0 Å². The standard InChI is InChI=1S/C46H34N2/c1-29-18-38(27-47-25-29)33-10-6-12-36(22-33)44-40-16-14-32(20-31-8-4-3-5-9-31)21-43(40)45(46-41(44)17-15-35-24-42(35)46)37-13-7-11-34(23-37)39-19-30(2)26-48-28-39/h3-19,21-23,25-28H,20,24H2,1-2H3. The SMILES string of the molecule is Cc1cncc(-c2cccc(-c3c4ccc(Cc5ccccc5)cc4c(-c4cccc(-c5cncc(C)c5)c4)c4c5c(ccc34)C5)c2)c1. The first-order valence-electron chi connectivity index (χ1n) is 16.7. The molecule has 1 aliphatic carbocycles. The molecule has 0 unspecified atom stereocenters. The Labute approximate surface area is 281 Å². The minimum Gasteiger partial charge on any atom is -0.264 e. The van der Waals surface area contributed by atoms with Gasteiger partial charge in [-0.1, -0.05) is 97.1 Å². The Bertz CT molecular complexity index is 2530. The minimum absolute atomic E-state index is 0.890. The van der Waals surface area contributed by atoms with Crippen LogP contribution in [0.4, 0.5) is 0 Å². The van der Waals surface area contributed by atoms with E-state index < -0.39 is 0 Å². The van der Waals surface area contributed by atoms with Gasteiger partial charge in [-0.25, -0.2) is 0 Å². The Kier molecular flexibility index (Phi) is 6.76. The number of hydrogen-bond acceptors (Lipinski definition) is 2. The molecule has 0 amide bonds. The fraction of sp³-hybridized carbons (Fsp3) is 0.0870. The molecule has 0 spiro atoms. The third-order valence-corrected chi connectivity index (χ3v) is 9.76. The molecule has 1 aliphatic rings. The van der Waals surface area contributed by atoms with Crippen LogP contribution in [-0.2, 0) is 12.8 Å². The van der Waals surface area contributed by atoms with Crippen molar-refractivity contribution in [3.8, 4) is 44.5 Å². The van der Waals surface area contributed by atoms with Crippen molar-refractivity contribution in [1.29, 1.82) is 0 Å². The van der Waals surface area contributed by atoms with Crippen LogP contribution in [0.1, 0.15) is 33.4 Å². The maximum atomic E-state index is 4.51. The van der Waals surface area contributed by atoms with Crippen molar-refractivity contribution in [1.82, 2.24) is 9.97 Å². The van der Waals surface area contributed by atoms with E-state index in [1.807, 2.05) is 24.8 Å². The second-order valence-corrected chi connectivity index (χ2v) is 13.3. The van der Waals surface area contributed by atoms with Gasteiger partial charge in [0, 0.05) is 35.9 Å². The van der Waals surface area contributed by atoms with E-state index in [-0.39, 0.29) is 0 Å². The number of benzene rings is 6. The fourth-order valence-corrected chi connectivity index (χ4v) is 7.46. The molecule has 0 atom stereocenters. The zero-order valence-corrected chi connectivity index (χ0v) is 27.2. The molecule has 2 heterocycles. The summed E-state index contributed by atoms with van der Waals surface area (Å²) in [6, 6.07) is 45.2. The lowest BCUT2D eigenvalue weighted by atomic mass is 9.84. The highest BCUT2D eigenvalue weighted by atomic mass is 14.6. The highest BCUT2D eigenvalue weighted by Crippen LogP contribution is 2.50. The predicted octanol–water partition coefficient (Wildman–Crippen LogP) is 11.6. The van der Waals surface area contributed by atoms with E-state index in [2.05, 4.69) is 145 Å². The molecule has 0 bridgehead atoms. The maximum absolute atomic E-state index is 4.51. The molecule has 0 saturated heterocycles. The number of fused-ring (bicyclic) bond motifs is 4. The van der Waals surface area contributed by atoms with E-state index in [9.17, 15) is 0 Å². The lowest BCUT2D eigenvalue weighted by Crippen LogP contribution is -1.94. The van der Waals surface area contributed by atoms with Crippen LogP contribution in [0.15, 0.2) is 146 Å². The van der Waals surface area contributed by atoms with Crippen LogP contribution >= 0.6 is 0 Å². The second-order valence-electron chi connectivity index (χ2n) is 13.3. The van der Waals surface area contributed by atoms with E-state index in [0.717, 1.165) is 35.1 Å². The summed E-state index contributed by atoms with van der Waals surface area (Å²) in [6.45, 7) is 4.21. The van der Waals surface area contributed by atoms with Crippen LogP contribution in [0, 0.1) is 13.8 Å². The highest BCUT2D eigenvalue weighted by molar-refractivity contribution is 6.23. The first-order chi connectivity index (χ1) is 23.6. The molecule has 2 heteroatoms. The Morgan fingerprint density at radius 1 is 0.458 bits per heavy atom. The summed E-state index contributed by atoms with van der Waals surface area (Å²) in [7, 11) is 0. The van der Waals surface area contributed by atoms with Gasteiger partial charge in [0.05, 0.1) is 0 Å². The Hall–Kier alpha value is -5.86. The van der Waals surface area contributed by atoms with Crippen LogP contribution in [-0.4, -0.2) is 9.97 Å². The van der Waals surface area contributed by atoms with Gasteiger partial charge in [-0.05, 0) is 139 Å². The zero-order valence-electron chi connectivity index (χ0n) is 27.2. The number of pyridine rings is 2. The average Bonchev–Trinajstić information content (AvgIpc) is 3.92. The summed E-state index contributed by atoms with van der Waals surface area (Å²) in [5, 5.41) is 5.27. The van der Waals surface area contributed by atoms with Crippen LogP contribution < -0.4 is 0 Å². The van der Waals surface area contributed by atoms with Crippen molar-refractivity contribution in [3.63, 3.8) is 0 Å². The largest absolute Gasteiger partial charge is 0.264 e. The van der Waals surface area contributed by atoms with Gasteiger partial charge in [-0.15, -0.1) is 0 Å². The summed E-state index contributed by atoms with van der Waals surface area (Å²) in [5.41, 5.74) is 17.6. The van der Waals surface area contributed by atoms with Gasteiger partial charge in [-0.3, -0.25) is 9.97 Å². The number of rotatable bonds is 6. The minimum atomic E-state index is 0.890. The smallest absolute Gasteiger partial charge is 0.0346 e. The molecule has 9 rings (SSSR count). The van der Waals surface area contributed by atoms with Crippen molar-refractivity contribution in [2.45, 2.75) is 26.7 Å². The molecule has 48 heavy (non-hydrogen) atoms. The van der Waals surface area contributed by atoms with Crippen molar-refractivity contribution in [2.75, 3.05) is 0 Å². The number of aryl methyl sites for hydroxylation is 2. The van der Waals surface area contributed by atoms with Crippen LogP contribution in [0.2, 0.25) is 0 Å². The zero-order chi connectivity index (χ0) is 32.2. The molecule has 8 aromatic rings. The monoisotopic (exact) mass is 614 g/mol. The van der Waals surface area contributed by atoms with Gasteiger partial charge in [0.1, 0.15) is 0 Å². The average molecular weight is 615 g/mol. The fourth-order valence-electron chi connectivity index (χ4n) is 7.46. The maximum Gasteiger partial charge on any atom is 0.0346 e. The van der Waals surface area contributed by atoms with Gasteiger partial charge in [0.25, 0.3) is 0 Å². The first-order valence-corrected chi connectivity index (χ1v) is 16.7. The Morgan fingerprint density at radius 3 is 1.75 bits per heavy atom. The van der Waals surface area contributed by atoms with Crippen molar-refractivity contribution >= 4 is 21.5 Å². The first kappa shape index (κ1) is 28.4. The van der Waals surface area contributed by atoms with Crippen molar-refractivity contribution in [3.05, 3.63) is 179 Å². The quantitative estimate of drug-likeness (QED) is 0.174. The molecule has 2 aromatic heterocycles. The lowest BCUT2D eigenvalue weighted by molar-refractivity contribution is 1.20. The molecule has 0 saturated carbocycles. The molecule has 6 aromatic carbocycles. The third kappa shape index (κ3) is 5.07. The molecule has 0 radical (unpaired) electrons. The normalized spacial score (nSPS) is 12.0. The van der Waals surface area contributed by atoms with Crippen LogP contribution in [0.5, 0.6) is 0 Å². The highest BCUT2D eigenvalue weighted by Gasteiger charge is 2.27. The summed E-state index contributed by atoms with van der Waals surface area (Å²) in [4.78, 5) is 9.01. The van der Waals surface area contributed by atoms with E-state index in [0.29, 0.717) is 0 Å². The Morgan fingerprint density at radius 2 is 1.08 bits per heavy atom. The summed E-state index contributed by atoms with van der Waals surface area (Å²) >= 11 is 0. The molecule has 0 fully saturated rings. The molecule has 228 valence electrons. The van der Waals surface area contributed by atoms with E-state index >= 15 is 0 Å². The lowest BCUT2D eigenvalue weighted by Gasteiger charge is -2.19. The molecular weight excluding hydrogens is 581 g/mol. The topological polar surface area (TPSA) is 25.8 Å². The molecule has 2 nitrogen and oxygen atoms in total. The van der Waals surface area contributed by atoms with Crippen LogP contribution in [0.25, 0.3) is 66.1 Å². The second kappa shape index (κ2) is 11.4. The van der Waals surface area contributed by atoms with Crippen molar-refractivity contribution in [2.24, 2.45) is 0 Å². The molecule has 0 N–H and O–H groups in total. The number of nitrogens with zero attached hydrogens (tertiary/aromatic N) is 2. The summed E-state index contributed by atoms with van der Waals surface area (Å²) in [5.74, 6) is 0. The van der Waals surface area contributed by atoms with E-state index in [1.54, 1.807) is 0 Å². The van der Waals surface area contributed by atoms with Gasteiger partial charge in [-0.2, -0.15) is 0 Å². The van der Waals surface area contributed by atoms with Crippen LogP contribution in [0.3, 0.4) is 0 Å². The number of aromatic nitrogens is 2. The molecular formula is C46H34N2. The predicted molar refractivity (Wildman–Crippen MR) is 200 cm³/mol. The van der Waals surface area contributed by atoms with Gasteiger partial charge in [0.15, 0.2) is 0 Å². The molecule has 0 aliphatic heterocycles. The Balaban J connectivity index is 1.33. The van der Waals surface area contributed by atoms with Crippen molar-refractivity contribution < 1.29 is 0 Å². The van der Waals surface area contributed by atoms with E-state index in [4.69, 9.17) is 0 Å². The summed E-state index contributed by atoms with van der Waals surface area (Å²) < 4.78 is 0. The van der Waals surface area contributed by atoms with Gasteiger partial charge in [0.2, 0.25) is 0 Å². The number of hydrogen-bond donors (Lipinski definition) is 0.